The lowest BCUT2D eigenvalue weighted by atomic mass is 10.1. The summed E-state index contributed by atoms with van der Waals surface area (Å²) in [6.07, 6.45) is 0.761. The SMILES string of the molecule is COc1ccc(Nc2[nH]nc3c2Cc2cc(OC)c(OC)cc2-3)cc1OC. The Hall–Kier alpha value is -3.35. The molecule has 4 rings (SSSR count). The average molecular weight is 367 g/mol. The predicted molar refractivity (Wildman–Crippen MR) is 103 cm³/mol. The Morgan fingerprint density at radius 1 is 0.852 bits per heavy atom. The molecule has 0 saturated carbocycles. The molecule has 0 fully saturated rings. The second-order valence-electron chi connectivity index (χ2n) is 6.16. The summed E-state index contributed by atoms with van der Waals surface area (Å²) in [7, 11) is 6.51. The van der Waals surface area contributed by atoms with Crippen molar-refractivity contribution in [3.05, 3.63) is 41.5 Å². The Morgan fingerprint density at radius 2 is 1.52 bits per heavy atom. The Bertz CT molecular complexity index is 997. The third kappa shape index (κ3) is 2.81. The van der Waals surface area contributed by atoms with Gasteiger partial charge in [-0.3, -0.25) is 5.10 Å². The minimum Gasteiger partial charge on any atom is -0.493 e. The van der Waals surface area contributed by atoms with Crippen molar-refractivity contribution in [3.63, 3.8) is 0 Å². The lowest BCUT2D eigenvalue weighted by Gasteiger charge is -2.11. The molecule has 0 radical (unpaired) electrons. The standard InChI is InChI=1S/C20H21N3O4/c1-24-15-6-5-12(9-17(15)26-3)21-20-14-7-11-8-16(25-2)18(27-4)10-13(11)19(14)22-23-20/h5-6,8-10H,7H2,1-4H3,(H2,21,22,23). The Balaban J connectivity index is 1.67. The summed E-state index contributed by atoms with van der Waals surface area (Å²) < 4.78 is 21.5. The van der Waals surface area contributed by atoms with E-state index in [4.69, 9.17) is 18.9 Å². The molecule has 1 aliphatic carbocycles. The van der Waals surface area contributed by atoms with E-state index < -0.39 is 0 Å². The van der Waals surface area contributed by atoms with Crippen LogP contribution >= 0.6 is 0 Å². The highest BCUT2D eigenvalue weighted by atomic mass is 16.5. The van der Waals surface area contributed by atoms with Gasteiger partial charge in [-0.2, -0.15) is 5.10 Å². The van der Waals surface area contributed by atoms with Crippen LogP contribution in [0.5, 0.6) is 23.0 Å². The molecule has 3 aromatic rings. The highest BCUT2D eigenvalue weighted by molar-refractivity contribution is 5.81. The van der Waals surface area contributed by atoms with Gasteiger partial charge < -0.3 is 24.3 Å². The largest absolute Gasteiger partial charge is 0.493 e. The number of rotatable bonds is 6. The zero-order chi connectivity index (χ0) is 19.0. The van der Waals surface area contributed by atoms with Gasteiger partial charge in [-0.15, -0.1) is 0 Å². The number of anilines is 2. The number of benzene rings is 2. The van der Waals surface area contributed by atoms with E-state index >= 15 is 0 Å². The number of fused-ring (bicyclic) bond motifs is 3. The zero-order valence-electron chi connectivity index (χ0n) is 15.7. The van der Waals surface area contributed by atoms with Crippen LogP contribution in [0.15, 0.2) is 30.3 Å². The van der Waals surface area contributed by atoms with Crippen molar-refractivity contribution in [2.45, 2.75) is 6.42 Å². The fourth-order valence-corrected chi connectivity index (χ4v) is 3.40. The van der Waals surface area contributed by atoms with E-state index in [0.717, 1.165) is 46.1 Å². The number of ether oxygens (including phenoxy) is 4. The van der Waals surface area contributed by atoms with Crippen LogP contribution in [0.1, 0.15) is 11.1 Å². The van der Waals surface area contributed by atoms with Crippen molar-refractivity contribution in [3.8, 4) is 34.3 Å². The Labute approximate surface area is 157 Å². The van der Waals surface area contributed by atoms with E-state index in [1.54, 1.807) is 28.4 Å². The first-order valence-corrected chi connectivity index (χ1v) is 8.50. The number of H-pyrrole nitrogens is 1. The molecule has 0 aliphatic heterocycles. The molecule has 2 aromatic carbocycles. The van der Waals surface area contributed by atoms with Gasteiger partial charge in [0.1, 0.15) is 5.82 Å². The van der Waals surface area contributed by atoms with Crippen molar-refractivity contribution in [2.24, 2.45) is 0 Å². The van der Waals surface area contributed by atoms with E-state index in [-0.39, 0.29) is 0 Å². The topological polar surface area (TPSA) is 77.6 Å². The summed E-state index contributed by atoms with van der Waals surface area (Å²) in [5.74, 6) is 3.62. The number of aromatic nitrogens is 2. The second-order valence-corrected chi connectivity index (χ2v) is 6.16. The molecule has 2 N–H and O–H groups in total. The van der Waals surface area contributed by atoms with Crippen molar-refractivity contribution in [1.29, 1.82) is 0 Å². The molecule has 0 atom stereocenters. The number of nitrogens with zero attached hydrogens (tertiary/aromatic N) is 1. The first kappa shape index (κ1) is 17.1. The summed E-state index contributed by atoms with van der Waals surface area (Å²) in [4.78, 5) is 0. The minimum atomic E-state index is 0.663. The highest BCUT2D eigenvalue weighted by Gasteiger charge is 2.27. The first-order valence-electron chi connectivity index (χ1n) is 8.50. The molecule has 0 spiro atoms. The quantitative estimate of drug-likeness (QED) is 0.540. The number of hydrogen-bond donors (Lipinski definition) is 2. The molecule has 0 unspecified atom stereocenters. The van der Waals surface area contributed by atoms with Crippen LogP contribution in [-0.4, -0.2) is 38.6 Å². The lowest BCUT2D eigenvalue weighted by molar-refractivity contribution is 0.355. The predicted octanol–water partition coefficient (Wildman–Crippen LogP) is 3.76. The molecule has 140 valence electrons. The molecule has 0 amide bonds. The molecular formula is C20H21N3O4. The van der Waals surface area contributed by atoms with E-state index in [2.05, 4.69) is 15.5 Å². The van der Waals surface area contributed by atoms with E-state index in [9.17, 15) is 0 Å². The monoisotopic (exact) mass is 367 g/mol. The molecule has 27 heavy (non-hydrogen) atoms. The van der Waals surface area contributed by atoms with Crippen LogP contribution in [0.25, 0.3) is 11.3 Å². The van der Waals surface area contributed by atoms with Crippen molar-refractivity contribution in [2.75, 3.05) is 33.8 Å². The van der Waals surface area contributed by atoms with E-state index in [1.807, 2.05) is 30.3 Å². The van der Waals surface area contributed by atoms with Crippen LogP contribution in [0.2, 0.25) is 0 Å². The third-order valence-electron chi connectivity index (χ3n) is 4.75. The fourth-order valence-electron chi connectivity index (χ4n) is 3.40. The van der Waals surface area contributed by atoms with Crippen molar-refractivity contribution in [1.82, 2.24) is 10.2 Å². The smallest absolute Gasteiger partial charge is 0.162 e. The molecule has 7 nitrogen and oxygen atoms in total. The van der Waals surface area contributed by atoms with E-state index in [0.29, 0.717) is 17.2 Å². The molecule has 1 aromatic heterocycles. The summed E-state index contributed by atoms with van der Waals surface area (Å²) in [5, 5.41) is 11.0. The van der Waals surface area contributed by atoms with Gasteiger partial charge >= 0.3 is 0 Å². The minimum absolute atomic E-state index is 0.663. The van der Waals surface area contributed by atoms with Gasteiger partial charge in [-0.05, 0) is 29.8 Å². The number of nitrogens with one attached hydrogen (secondary N) is 2. The Kier molecular flexibility index (Phi) is 4.27. The summed E-state index contributed by atoms with van der Waals surface area (Å²) in [5.41, 5.74) is 5.13. The van der Waals surface area contributed by atoms with Crippen LogP contribution < -0.4 is 24.3 Å². The summed E-state index contributed by atoms with van der Waals surface area (Å²) in [6, 6.07) is 9.67. The fraction of sp³-hybridized carbons (Fsp3) is 0.250. The molecule has 0 saturated heterocycles. The van der Waals surface area contributed by atoms with E-state index in [1.165, 1.54) is 0 Å². The summed E-state index contributed by atoms with van der Waals surface area (Å²) >= 11 is 0. The molecule has 1 aliphatic rings. The van der Waals surface area contributed by atoms with Crippen molar-refractivity contribution >= 4 is 11.5 Å². The zero-order valence-corrected chi connectivity index (χ0v) is 15.7. The number of aromatic amines is 1. The molecule has 0 bridgehead atoms. The van der Waals surface area contributed by atoms with Gasteiger partial charge in [-0.1, -0.05) is 0 Å². The van der Waals surface area contributed by atoms with Crippen LogP contribution in [0, 0.1) is 0 Å². The highest BCUT2D eigenvalue weighted by Crippen LogP contribution is 2.44. The van der Waals surface area contributed by atoms with Crippen molar-refractivity contribution < 1.29 is 18.9 Å². The number of methoxy groups -OCH3 is 4. The maximum atomic E-state index is 5.42. The van der Waals surface area contributed by atoms with Crippen LogP contribution in [0.4, 0.5) is 11.5 Å². The van der Waals surface area contributed by atoms with Gasteiger partial charge in [0.15, 0.2) is 23.0 Å². The third-order valence-corrected chi connectivity index (χ3v) is 4.75. The van der Waals surface area contributed by atoms with Gasteiger partial charge in [0.2, 0.25) is 0 Å². The second kappa shape index (κ2) is 6.75. The first-order chi connectivity index (χ1) is 13.2. The van der Waals surface area contributed by atoms with Gasteiger partial charge in [0, 0.05) is 29.3 Å². The Morgan fingerprint density at radius 3 is 2.22 bits per heavy atom. The summed E-state index contributed by atoms with van der Waals surface area (Å²) in [6.45, 7) is 0. The lowest BCUT2D eigenvalue weighted by Crippen LogP contribution is -1.97. The normalized spacial score (nSPS) is 11.6. The average Bonchev–Trinajstić information content (AvgIpc) is 3.26. The molecular weight excluding hydrogens is 346 g/mol. The van der Waals surface area contributed by atoms with Gasteiger partial charge in [-0.25, -0.2) is 0 Å². The molecule has 1 heterocycles. The number of hydrogen-bond acceptors (Lipinski definition) is 6. The van der Waals surface area contributed by atoms with Crippen LogP contribution in [-0.2, 0) is 6.42 Å². The maximum Gasteiger partial charge on any atom is 0.162 e. The molecule has 7 heteroatoms. The van der Waals surface area contributed by atoms with Gasteiger partial charge in [0.25, 0.3) is 0 Å². The van der Waals surface area contributed by atoms with Gasteiger partial charge in [0.05, 0.1) is 34.1 Å². The van der Waals surface area contributed by atoms with Crippen LogP contribution in [0.3, 0.4) is 0 Å². The maximum absolute atomic E-state index is 5.42.